The second-order valence-electron chi connectivity index (χ2n) is 5.98. The molecule has 2 heteroatoms. The zero-order valence-electron chi connectivity index (χ0n) is 13.2. The minimum absolute atomic E-state index is 0.560. The van der Waals surface area contributed by atoms with Crippen molar-refractivity contribution in [1.82, 2.24) is 5.32 Å². The maximum absolute atomic E-state index is 3.48. The number of anilines is 1. The number of nitrogens with one attached hydrogen (secondary N) is 1. The molecule has 19 heavy (non-hydrogen) atoms. The van der Waals surface area contributed by atoms with Gasteiger partial charge in [-0.15, -0.1) is 0 Å². The van der Waals surface area contributed by atoms with Crippen LogP contribution in [0.1, 0.15) is 46.6 Å². The van der Waals surface area contributed by atoms with Crippen LogP contribution in [-0.2, 0) is 6.54 Å². The lowest BCUT2D eigenvalue weighted by Crippen LogP contribution is -2.31. The van der Waals surface area contributed by atoms with E-state index in [2.05, 4.69) is 69.1 Å². The highest BCUT2D eigenvalue weighted by Crippen LogP contribution is 2.18. The largest absolute Gasteiger partial charge is 0.369 e. The van der Waals surface area contributed by atoms with Gasteiger partial charge in [0.25, 0.3) is 0 Å². The van der Waals surface area contributed by atoms with Crippen molar-refractivity contribution in [3.63, 3.8) is 0 Å². The summed E-state index contributed by atoms with van der Waals surface area (Å²) in [6.07, 6.45) is 1.19. The van der Waals surface area contributed by atoms with Crippen LogP contribution in [0.4, 0.5) is 5.69 Å². The van der Waals surface area contributed by atoms with E-state index in [9.17, 15) is 0 Å². The summed E-state index contributed by atoms with van der Waals surface area (Å²) in [4.78, 5) is 2.46. The second-order valence-corrected chi connectivity index (χ2v) is 5.98. The zero-order valence-corrected chi connectivity index (χ0v) is 13.2. The van der Waals surface area contributed by atoms with Crippen molar-refractivity contribution in [1.29, 1.82) is 0 Å². The number of nitrogens with zero attached hydrogens (tertiary/aromatic N) is 1. The number of rotatable bonds is 8. The van der Waals surface area contributed by atoms with E-state index in [1.165, 1.54) is 17.7 Å². The molecule has 0 amide bonds. The molecule has 0 aliphatic carbocycles. The van der Waals surface area contributed by atoms with Crippen LogP contribution in [0.2, 0.25) is 0 Å². The topological polar surface area (TPSA) is 15.3 Å². The van der Waals surface area contributed by atoms with E-state index in [1.54, 1.807) is 0 Å². The van der Waals surface area contributed by atoms with Crippen molar-refractivity contribution >= 4 is 5.69 Å². The van der Waals surface area contributed by atoms with Gasteiger partial charge in [-0.1, -0.05) is 32.9 Å². The van der Waals surface area contributed by atoms with Gasteiger partial charge in [-0.2, -0.15) is 0 Å². The Morgan fingerprint density at radius 2 is 1.68 bits per heavy atom. The van der Waals surface area contributed by atoms with E-state index in [0.717, 1.165) is 19.6 Å². The highest BCUT2D eigenvalue weighted by Gasteiger charge is 2.08. The van der Waals surface area contributed by atoms with Crippen molar-refractivity contribution in [2.75, 3.05) is 18.0 Å². The third-order valence-electron chi connectivity index (χ3n) is 3.24. The van der Waals surface area contributed by atoms with Gasteiger partial charge in [-0.05, 0) is 50.4 Å². The minimum atomic E-state index is 0.560. The van der Waals surface area contributed by atoms with Gasteiger partial charge in [0.2, 0.25) is 0 Å². The molecule has 0 bridgehead atoms. The molecule has 0 radical (unpaired) electrons. The standard InChI is InChI=1S/C17H30N2/c1-6-11-19(15(4)5)17-9-7-16(8-10-17)13-18-12-14(2)3/h7-10,14-15,18H,6,11-13H2,1-5H3. The molecule has 2 nitrogen and oxygen atoms in total. The molecule has 1 rings (SSSR count). The van der Waals surface area contributed by atoms with Crippen LogP contribution in [0.15, 0.2) is 24.3 Å². The average molecular weight is 262 g/mol. The molecule has 0 atom stereocenters. The van der Waals surface area contributed by atoms with Crippen LogP contribution in [0.5, 0.6) is 0 Å². The molecule has 0 unspecified atom stereocenters. The fourth-order valence-electron chi connectivity index (χ4n) is 2.24. The Balaban J connectivity index is 2.59. The Morgan fingerprint density at radius 1 is 1.05 bits per heavy atom. The van der Waals surface area contributed by atoms with Crippen molar-refractivity contribution < 1.29 is 0 Å². The first-order valence-corrected chi connectivity index (χ1v) is 7.60. The van der Waals surface area contributed by atoms with Crippen molar-refractivity contribution in [3.05, 3.63) is 29.8 Å². The van der Waals surface area contributed by atoms with Crippen molar-refractivity contribution in [2.45, 2.75) is 53.6 Å². The van der Waals surface area contributed by atoms with E-state index in [-0.39, 0.29) is 0 Å². The Hall–Kier alpha value is -1.02. The Bertz CT molecular complexity index is 341. The van der Waals surface area contributed by atoms with E-state index in [0.29, 0.717) is 12.0 Å². The van der Waals surface area contributed by atoms with Gasteiger partial charge in [0.1, 0.15) is 0 Å². The van der Waals surface area contributed by atoms with Crippen LogP contribution in [0.3, 0.4) is 0 Å². The van der Waals surface area contributed by atoms with E-state index in [1.807, 2.05) is 0 Å². The number of benzene rings is 1. The average Bonchev–Trinajstić information content (AvgIpc) is 2.36. The molecular formula is C17H30N2. The van der Waals surface area contributed by atoms with Crippen molar-refractivity contribution in [3.8, 4) is 0 Å². The molecule has 0 heterocycles. The van der Waals surface area contributed by atoms with Gasteiger partial charge in [-0.25, -0.2) is 0 Å². The summed E-state index contributed by atoms with van der Waals surface area (Å²) in [5, 5.41) is 3.48. The first kappa shape index (κ1) is 16.0. The highest BCUT2D eigenvalue weighted by atomic mass is 15.1. The highest BCUT2D eigenvalue weighted by molar-refractivity contribution is 5.48. The molecule has 0 aliphatic heterocycles. The molecule has 0 aliphatic rings. The van der Waals surface area contributed by atoms with Crippen LogP contribution in [0, 0.1) is 5.92 Å². The monoisotopic (exact) mass is 262 g/mol. The van der Waals surface area contributed by atoms with Gasteiger partial charge < -0.3 is 10.2 Å². The fourth-order valence-corrected chi connectivity index (χ4v) is 2.24. The predicted octanol–water partition coefficient (Wildman–Crippen LogP) is 4.06. The van der Waals surface area contributed by atoms with Gasteiger partial charge in [0.05, 0.1) is 0 Å². The first-order chi connectivity index (χ1) is 9.04. The van der Waals surface area contributed by atoms with Crippen molar-refractivity contribution in [2.24, 2.45) is 5.92 Å². The summed E-state index contributed by atoms with van der Waals surface area (Å²) >= 11 is 0. The smallest absolute Gasteiger partial charge is 0.0368 e. The third kappa shape index (κ3) is 5.65. The summed E-state index contributed by atoms with van der Waals surface area (Å²) in [6, 6.07) is 9.55. The summed E-state index contributed by atoms with van der Waals surface area (Å²) in [5.41, 5.74) is 2.70. The summed E-state index contributed by atoms with van der Waals surface area (Å²) in [7, 11) is 0. The van der Waals surface area contributed by atoms with Crippen LogP contribution >= 0.6 is 0 Å². The van der Waals surface area contributed by atoms with Gasteiger partial charge >= 0.3 is 0 Å². The van der Waals surface area contributed by atoms with E-state index in [4.69, 9.17) is 0 Å². The fraction of sp³-hybridized carbons (Fsp3) is 0.647. The predicted molar refractivity (Wildman–Crippen MR) is 85.8 cm³/mol. The van der Waals surface area contributed by atoms with E-state index >= 15 is 0 Å². The number of hydrogen-bond acceptors (Lipinski definition) is 2. The number of hydrogen-bond donors (Lipinski definition) is 1. The molecule has 0 saturated carbocycles. The molecule has 0 fully saturated rings. The lowest BCUT2D eigenvalue weighted by atomic mass is 10.1. The lowest BCUT2D eigenvalue weighted by Gasteiger charge is -2.28. The lowest BCUT2D eigenvalue weighted by molar-refractivity contribution is 0.552. The van der Waals surface area contributed by atoms with Crippen LogP contribution in [0.25, 0.3) is 0 Å². The molecule has 0 aromatic heterocycles. The summed E-state index contributed by atoms with van der Waals surface area (Å²) < 4.78 is 0. The second kappa shape index (κ2) is 8.21. The van der Waals surface area contributed by atoms with Crippen LogP contribution < -0.4 is 10.2 Å². The summed E-state index contributed by atoms with van der Waals surface area (Å²) in [6.45, 7) is 14.4. The SMILES string of the molecule is CCCN(c1ccc(CNCC(C)C)cc1)C(C)C. The third-order valence-corrected chi connectivity index (χ3v) is 3.24. The Morgan fingerprint density at radius 3 is 2.16 bits per heavy atom. The van der Waals surface area contributed by atoms with Gasteiger partial charge in [-0.3, -0.25) is 0 Å². The molecular weight excluding hydrogens is 232 g/mol. The van der Waals surface area contributed by atoms with Gasteiger partial charge in [0, 0.05) is 24.8 Å². The first-order valence-electron chi connectivity index (χ1n) is 7.60. The molecule has 0 saturated heterocycles. The molecule has 0 spiro atoms. The molecule has 1 N–H and O–H groups in total. The Labute approximate surface area is 119 Å². The Kier molecular flexibility index (Phi) is 6.93. The van der Waals surface area contributed by atoms with E-state index < -0.39 is 0 Å². The molecule has 108 valence electrons. The quantitative estimate of drug-likeness (QED) is 0.760. The molecule has 1 aromatic rings. The van der Waals surface area contributed by atoms with Crippen LogP contribution in [-0.4, -0.2) is 19.1 Å². The minimum Gasteiger partial charge on any atom is -0.369 e. The maximum atomic E-state index is 3.48. The van der Waals surface area contributed by atoms with Gasteiger partial charge in [0.15, 0.2) is 0 Å². The zero-order chi connectivity index (χ0) is 14.3. The summed E-state index contributed by atoms with van der Waals surface area (Å²) in [5.74, 6) is 0.709. The molecule has 1 aromatic carbocycles. The normalized spacial score (nSPS) is 11.3. The maximum Gasteiger partial charge on any atom is 0.0368 e.